The summed E-state index contributed by atoms with van der Waals surface area (Å²) in [6, 6.07) is 5.54. The lowest BCUT2D eigenvalue weighted by atomic mass is 10.4. The molecule has 1 aromatic heterocycles. The van der Waals surface area contributed by atoms with Crippen LogP contribution < -0.4 is 5.09 Å². The Hall–Kier alpha value is -0.740. The second kappa shape index (κ2) is 6.76. The summed E-state index contributed by atoms with van der Waals surface area (Å²) in [6.45, 7) is 4.58. The lowest BCUT2D eigenvalue weighted by Crippen LogP contribution is -2.15. The van der Waals surface area contributed by atoms with Crippen molar-refractivity contribution in [2.24, 2.45) is 0 Å². The van der Waals surface area contributed by atoms with Crippen molar-refractivity contribution in [2.45, 2.75) is 20.4 Å². The fraction of sp³-hybridized carbons (Fsp3) is 0.500. The van der Waals surface area contributed by atoms with Crippen LogP contribution in [0.15, 0.2) is 24.4 Å². The van der Waals surface area contributed by atoms with E-state index in [1.54, 1.807) is 20.0 Å². The third-order valence-electron chi connectivity index (χ3n) is 1.78. The quantitative estimate of drug-likeness (QED) is 0.746. The fourth-order valence-electron chi connectivity index (χ4n) is 1.15. The van der Waals surface area contributed by atoms with Gasteiger partial charge in [-0.1, -0.05) is 6.07 Å². The Morgan fingerprint density at radius 1 is 1.31 bits per heavy atom. The SMILES string of the molecule is CCOP(=O)(NCc1ccccn1)OCC. The molecule has 0 saturated carbocycles. The van der Waals surface area contributed by atoms with Crippen LogP contribution >= 0.6 is 7.75 Å². The predicted octanol–water partition coefficient (Wildman–Crippen LogP) is 2.35. The molecule has 1 aromatic rings. The average molecular weight is 244 g/mol. The van der Waals surface area contributed by atoms with Crippen LogP contribution in [0.5, 0.6) is 0 Å². The molecule has 1 N–H and O–H groups in total. The first-order chi connectivity index (χ1) is 7.70. The van der Waals surface area contributed by atoms with Gasteiger partial charge in [0.1, 0.15) is 0 Å². The summed E-state index contributed by atoms with van der Waals surface area (Å²) >= 11 is 0. The molecule has 0 fully saturated rings. The molecule has 0 unspecified atom stereocenters. The number of hydrogen-bond acceptors (Lipinski definition) is 4. The summed E-state index contributed by atoms with van der Waals surface area (Å²) in [5, 5.41) is 2.76. The van der Waals surface area contributed by atoms with E-state index in [0.717, 1.165) is 5.69 Å². The molecule has 6 heteroatoms. The van der Waals surface area contributed by atoms with Crippen LogP contribution in [0.3, 0.4) is 0 Å². The summed E-state index contributed by atoms with van der Waals surface area (Å²) in [5.74, 6) is 0. The van der Waals surface area contributed by atoms with E-state index in [0.29, 0.717) is 19.8 Å². The summed E-state index contributed by atoms with van der Waals surface area (Å²) in [5.41, 5.74) is 0.794. The molecule has 0 spiro atoms. The summed E-state index contributed by atoms with van der Waals surface area (Å²) < 4.78 is 22.2. The number of pyridine rings is 1. The monoisotopic (exact) mass is 244 g/mol. The zero-order valence-electron chi connectivity index (χ0n) is 9.55. The van der Waals surface area contributed by atoms with E-state index >= 15 is 0 Å². The van der Waals surface area contributed by atoms with E-state index in [1.165, 1.54) is 0 Å². The second-order valence-electron chi connectivity index (χ2n) is 2.99. The van der Waals surface area contributed by atoms with Crippen LogP contribution in [0.2, 0.25) is 0 Å². The molecule has 0 aliphatic heterocycles. The van der Waals surface area contributed by atoms with Gasteiger partial charge in [-0.2, -0.15) is 0 Å². The predicted molar refractivity (Wildman–Crippen MR) is 61.9 cm³/mol. The van der Waals surface area contributed by atoms with E-state index in [4.69, 9.17) is 9.05 Å². The second-order valence-corrected chi connectivity index (χ2v) is 4.82. The van der Waals surface area contributed by atoms with Gasteiger partial charge in [0.05, 0.1) is 18.9 Å². The first kappa shape index (κ1) is 13.3. The third kappa shape index (κ3) is 4.41. The van der Waals surface area contributed by atoms with Gasteiger partial charge in [-0.25, -0.2) is 9.65 Å². The maximum absolute atomic E-state index is 12.0. The topological polar surface area (TPSA) is 60.5 Å². The average Bonchev–Trinajstić information content (AvgIpc) is 2.29. The Morgan fingerprint density at radius 3 is 2.50 bits per heavy atom. The Kier molecular flexibility index (Phi) is 5.63. The van der Waals surface area contributed by atoms with Crippen molar-refractivity contribution in [2.75, 3.05) is 13.2 Å². The molecule has 16 heavy (non-hydrogen) atoms. The number of hydrogen-bond donors (Lipinski definition) is 1. The van der Waals surface area contributed by atoms with Crippen molar-refractivity contribution in [3.05, 3.63) is 30.1 Å². The number of nitrogens with one attached hydrogen (secondary N) is 1. The van der Waals surface area contributed by atoms with E-state index in [1.807, 2.05) is 18.2 Å². The van der Waals surface area contributed by atoms with Crippen LogP contribution in [-0.4, -0.2) is 18.2 Å². The van der Waals surface area contributed by atoms with Crippen molar-refractivity contribution < 1.29 is 13.6 Å². The zero-order chi connectivity index (χ0) is 11.9. The van der Waals surface area contributed by atoms with Gasteiger partial charge >= 0.3 is 7.75 Å². The molecule has 0 aromatic carbocycles. The highest BCUT2D eigenvalue weighted by molar-refractivity contribution is 7.51. The molecule has 1 heterocycles. The smallest absolute Gasteiger partial charge is 0.297 e. The first-order valence-electron chi connectivity index (χ1n) is 5.24. The van der Waals surface area contributed by atoms with Gasteiger partial charge in [0.2, 0.25) is 0 Å². The lowest BCUT2D eigenvalue weighted by molar-refractivity contribution is 0.210. The minimum atomic E-state index is -3.17. The molecule has 0 amide bonds. The van der Waals surface area contributed by atoms with Crippen LogP contribution in [0.25, 0.3) is 0 Å². The largest absolute Gasteiger partial charge is 0.405 e. The van der Waals surface area contributed by atoms with Gasteiger partial charge in [-0.05, 0) is 26.0 Å². The standard InChI is InChI=1S/C10H17N2O3P/c1-3-14-16(13,15-4-2)12-9-10-7-5-6-8-11-10/h5-8H,3-4,9H2,1-2H3,(H,12,13). The Labute approximate surface area is 95.8 Å². The van der Waals surface area contributed by atoms with Gasteiger partial charge in [0.15, 0.2) is 0 Å². The van der Waals surface area contributed by atoms with Crippen molar-refractivity contribution in [3.63, 3.8) is 0 Å². The lowest BCUT2D eigenvalue weighted by Gasteiger charge is -2.17. The molecular weight excluding hydrogens is 227 g/mol. The first-order valence-corrected chi connectivity index (χ1v) is 6.78. The maximum atomic E-state index is 12.0. The van der Waals surface area contributed by atoms with Gasteiger partial charge in [-0.3, -0.25) is 14.0 Å². The van der Waals surface area contributed by atoms with Crippen molar-refractivity contribution in [1.29, 1.82) is 0 Å². The van der Waals surface area contributed by atoms with E-state index in [2.05, 4.69) is 10.1 Å². The van der Waals surface area contributed by atoms with Crippen LogP contribution in [0, 0.1) is 0 Å². The molecule has 5 nitrogen and oxygen atoms in total. The Morgan fingerprint density at radius 2 is 2.00 bits per heavy atom. The summed E-state index contributed by atoms with van der Waals surface area (Å²) in [6.07, 6.45) is 1.68. The van der Waals surface area contributed by atoms with E-state index in [9.17, 15) is 4.57 Å². The minimum absolute atomic E-state index is 0.340. The Balaban J connectivity index is 2.53. The van der Waals surface area contributed by atoms with Gasteiger partial charge in [-0.15, -0.1) is 0 Å². The highest BCUT2D eigenvalue weighted by atomic mass is 31.2. The molecule has 0 aliphatic rings. The third-order valence-corrected chi connectivity index (χ3v) is 3.52. The van der Waals surface area contributed by atoms with Crippen molar-refractivity contribution in [3.8, 4) is 0 Å². The molecule has 0 bridgehead atoms. The molecule has 1 rings (SSSR count). The number of nitrogens with zero attached hydrogens (tertiary/aromatic N) is 1. The molecule has 90 valence electrons. The molecular formula is C10H17N2O3P. The van der Waals surface area contributed by atoms with Crippen molar-refractivity contribution >= 4 is 7.75 Å². The normalized spacial score (nSPS) is 11.6. The molecule has 0 aliphatic carbocycles. The van der Waals surface area contributed by atoms with Crippen LogP contribution in [-0.2, 0) is 20.2 Å². The maximum Gasteiger partial charge on any atom is 0.405 e. The number of rotatable bonds is 7. The summed E-state index contributed by atoms with van der Waals surface area (Å²) in [7, 11) is -3.17. The van der Waals surface area contributed by atoms with Crippen LogP contribution in [0.1, 0.15) is 19.5 Å². The number of aromatic nitrogens is 1. The van der Waals surface area contributed by atoms with Gasteiger partial charge in [0, 0.05) is 12.7 Å². The Bertz CT molecular complexity index is 335. The van der Waals surface area contributed by atoms with Crippen LogP contribution in [0.4, 0.5) is 0 Å². The highest BCUT2D eigenvalue weighted by Crippen LogP contribution is 2.43. The zero-order valence-corrected chi connectivity index (χ0v) is 10.4. The highest BCUT2D eigenvalue weighted by Gasteiger charge is 2.22. The molecule has 0 saturated heterocycles. The van der Waals surface area contributed by atoms with Gasteiger partial charge in [0.25, 0.3) is 0 Å². The minimum Gasteiger partial charge on any atom is -0.297 e. The van der Waals surface area contributed by atoms with E-state index in [-0.39, 0.29) is 0 Å². The molecule has 0 atom stereocenters. The van der Waals surface area contributed by atoms with Gasteiger partial charge < -0.3 is 0 Å². The summed E-state index contributed by atoms with van der Waals surface area (Å²) in [4.78, 5) is 4.11. The van der Waals surface area contributed by atoms with E-state index < -0.39 is 7.75 Å². The molecule has 0 radical (unpaired) electrons. The fourth-order valence-corrected chi connectivity index (χ4v) is 2.44. The van der Waals surface area contributed by atoms with Crippen molar-refractivity contribution in [1.82, 2.24) is 10.1 Å².